The molecule has 0 spiro atoms. The van der Waals surface area contributed by atoms with E-state index < -0.39 is 12.8 Å². The summed E-state index contributed by atoms with van der Waals surface area (Å²) in [6.45, 7) is -1.67. The number of ether oxygens (including phenoxy) is 2. The number of aromatic nitrogens is 4. The number of rotatable bonds is 8. The van der Waals surface area contributed by atoms with E-state index in [4.69, 9.17) is 26.1 Å². The molecule has 0 saturated carbocycles. The molecule has 202 valence electrons. The summed E-state index contributed by atoms with van der Waals surface area (Å²) in [6, 6.07) is 12.6. The topological polar surface area (TPSA) is 77.3 Å². The van der Waals surface area contributed by atoms with Gasteiger partial charge in [-0.25, -0.2) is 23.1 Å². The Morgan fingerprint density at radius 2 is 1.92 bits per heavy atom. The number of hydrogen-bond donors (Lipinski definition) is 1. The Bertz CT molecular complexity index is 1510. The maximum atomic E-state index is 13.8. The minimum atomic E-state index is -2.74. The van der Waals surface area contributed by atoms with Gasteiger partial charge in [-0.15, -0.1) is 0 Å². The molecule has 1 aliphatic heterocycles. The Balaban J connectivity index is 1.35. The third-order valence-electron chi connectivity index (χ3n) is 6.94. The second kappa shape index (κ2) is 9.96. The normalized spacial score (nSPS) is 17.5. The van der Waals surface area contributed by atoms with Crippen molar-refractivity contribution < 1.29 is 22.6 Å². The zero-order chi connectivity index (χ0) is 27.1. The molecule has 1 aliphatic carbocycles. The Labute approximate surface area is 227 Å². The maximum absolute atomic E-state index is 13.8. The second-order valence-corrected chi connectivity index (χ2v) is 9.86. The summed E-state index contributed by atoms with van der Waals surface area (Å²) in [7, 11) is 1.56. The Morgan fingerprint density at radius 1 is 1.13 bits per heavy atom. The third-order valence-corrected chi connectivity index (χ3v) is 7.14. The second-order valence-electron chi connectivity index (χ2n) is 9.48. The molecule has 4 aromatic rings. The quantitative estimate of drug-likeness (QED) is 0.289. The summed E-state index contributed by atoms with van der Waals surface area (Å²) in [6.07, 6.45) is 4.67. The van der Waals surface area contributed by atoms with Gasteiger partial charge in [-0.1, -0.05) is 23.7 Å². The first-order valence-electron chi connectivity index (χ1n) is 12.3. The van der Waals surface area contributed by atoms with Gasteiger partial charge in [0.2, 0.25) is 12.8 Å². The van der Waals surface area contributed by atoms with E-state index in [2.05, 4.69) is 15.3 Å². The number of alkyl halides is 3. The maximum Gasteiger partial charge on any atom is 0.282 e. The van der Waals surface area contributed by atoms with Crippen LogP contribution in [0.25, 0.3) is 5.69 Å². The van der Waals surface area contributed by atoms with Crippen LogP contribution in [0.15, 0.2) is 55.0 Å². The Morgan fingerprint density at radius 3 is 2.59 bits per heavy atom. The zero-order valence-electron chi connectivity index (χ0n) is 20.9. The first-order chi connectivity index (χ1) is 18.8. The largest absolute Gasteiger partial charge is 0.494 e. The number of imidazole rings is 1. The van der Waals surface area contributed by atoms with E-state index in [1.807, 2.05) is 24.3 Å². The summed E-state index contributed by atoms with van der Waals surface area (Å²) in [4.78, 5) is 15.1. The molecule has 2 aliphatic rings. The average molecular weight is 557 g/mol. The van der Waals surface area contributed by atoms with E-state index >= 15 is 0 Å². The molecule has 8 nitrogen and oxygen atoms in total. The fraction of sp³-hybridized carbons (Fsp3) is 0.296. The standard InChI is InChI=1S/C27H24ClF3N6O2/c1-38-22-10-17(4-9-21(22)36-11-23(28)32-15-36)33-26-34-24-19(16-2-5-18(6-3-16)39-14-29)7-8-20(24)25(35-26)37-12-27(30,31)13-37/h2-6,9-11,15,19H,7-8,12-14H2,1H3,(H,33,34,35). The smallest absolute Gasteiger partial charge is 0.282 e. The van der Waals surface area contributed by atoms with Crippen molar-refractivity contribution in [3.63, 3.8) is 0 Å². The Kier molecular flexibility index (Phi) is 6.46. The minimum absolute atomic E-state index is 0.0635. The van der Waals surface area contributed by atoms with Crippen LogP contribution < -0.4 is 19.7 Å². The highest BCUT2D eigenvalue weighted by Gasteiger charge is 2.46. The lowest BCUT2D eigenvalue weighted by Crippen LogP contribution is -2.57. The number of fused-ring (bicyclic) bond motifs is 1. The predicted molar refractivity (Wildman–Crippen MR) is 141 cm³/mol. The van der Waals surface area contributed by atoms with Crippen molar-refractivity contribution >= 4 is 29.1 Å². The van der Waals surface area contributed by atoms with E-state index in [0.717, 1.165) is 28.9 Å². The van der Waals surface area contributed by atoms with Gasteiger partial charge in [-0.3, -0.25) is 0 Å². The van der Waals surface area contributed by atoms with Crippen LogP contribution in [-0.4, -0.2) is 52.5 Å². The predicted octanol–water partition coefficient (Wildman–Crippen LogP) is 5.91. The number of benzene rings is 2. The van der Waals surface area contributed by atoms with Crippen molar-refractivity contribution in [1.29, 1.82) is 0 Å². The van der Waals surface area contributed by atoms with Gasteiger partial charge in [0, 0.05) is 29.4 Å². The SMILES string of the molecule is COc1cc(Nc2nc3c(c(N4CC(F)(F)C4)n2)CCC3c2ccc(OCF)cc2)ccc1-n1cnc(Cl)c1. The number of nitrogens with zero attached hydrogens (tertiary/aromatic N) is 5. The van der Waals surface area contributed by atoms with Gasteiger partial charge in [-0.05, 0) is 42.7 Å². The third kappa shape index (κ3) is 4.94. The molecule has 2 aromatic carbocycles. The van der Waals surface area contributed by atoms with Crippen LogP contribution in [0.2, 0.25) is 5.15 Å². The lowest BCUT2D eigenvalue weighted by atomic mass is 9.96. The molecule has 1 saturated heterocycles. The van der Waals surface area contributed by atoms with Crippen LogP contribution in [0.4, 0.5) is 30.6 Å². The first-order valence-corrected chi connectivity index (χ1v) is 12.7. The molecule has 12 heteroatoms. The highest BCUT2D eigenvalue weighted by Crippen LogP contribution is 2.44. The van der Waals surface area contributed by atoms with Gasteiger partial charge >= 0.3 is 0 Å². The lowest BCUT2D eigenvalue weighted by Gasteiger charge is -2.40. The van der Waals surface area contributed by atoms with Crippen LogP contribution >= 0.6 is 11.6 Å². The molecule has 3 heterocycles. The van der Waals surface area contributed by atoms with E-state index in [1.165, 1.54) is 0 Å². The van der Waals surface area contributed by atoms with Gasteiger partial charge in [-0.2, -0.15) is 4.98 Å². The Hall–Kier alpha value is -3.99. The molecule has 1 unspecified atom stereocenters. The van der Waals surface area contributed by atoms with E-state index in [0.29, 0.717) is 40.5 Å². The molecule has 0 amide bonds. The van der Waals surface area contributed by atoms with Gasteiger partial charge < -0.3 is 24.3 Å². The molecule has 6 rings (SSSR count). The highest BCUT2D eigenvalue weighted by atomic mass is 35.5. The number of hydrogen-bond acceptors (Lipinski definition) is 7. The van der Waals surface area contributed by atoms with Crippen molar-refractivity contribution in [2.75, 3.05) is 37.3 Å². The van der Waals surface area contributed by atoms with Crippen LogP contribution in [0.1, 0.15) is 29.2 Å². The fourth-order valence-corrected chi connectivity index (χ4v) is 5.28. The van der Waals surface area contributed by atoms with Crippen molar-refractivity contribution in [2.45, 2.75) is 24.7 Å². The molecule has 2 aromatic heterocycles. The number of nitrogens with one attached hydrogen (secondary N) is 1. The van der Waals surface area contributed by atoms with Crippen molar-refractivity contribution in [3.8, 4) is 17.2 Å². The van der Waals surface area contributed by atoms with Crippen LogP contribution in [0, 0.1) is 0 Å². The molecule has 39 heavy (non-hydrogen) atoms. The monoisotopic (exact) mass is 556 g/mol. The van der Waals surface area contributed by atoms with E-state index in [1.54, 1.807) is 47.3 Å². The highest BCUT2D eigenvalue weighted by molar-refractivity contribution is 6.29. The van der Waals surface area contributed by atoms with Gasteiger partial charge in [0.1, 0.15) is 28.8 Å². The lowest BCUT2D eigenvalue weighted by molar-refractivity contribution is -0.0267. The summed E-state index contributed by atoms with van der Waals surface area (Å²) >= 11 is 5.97. The van der Waals surface area contributed by atoms with Crippen molar-refractivity contribution in [3.05, 3.63) is 77.0 Å². The molecular formula is C27H24ClF3N6O2. The van der Waals surface area contributed by atoms with Gasteiger partial charge in [0.15, 0.2) is 0 Å². The summed E-state index contributed by atoms with van der Waals surface area (Å²) in [5.74, 6) is -0.996. The van der Waals surface area contributed by atoms with Crippen molar-refractivity contribution in [1.82, 2.24) is 19.5 Å². The van der Waals surface area contributed by atoms with Crippen molar-refractivity contribution in [2.24, 2.45) is 0 Å². The van der Waals surface area contributed by atoms with E-state index in [-0.39, 0.29) is 19.0 Å². The van der Waals surface area contributed by atoms with E-state index in [9.17, 15) is 13.2 Å². The molecule has 0 radical (unpaired) electrons. The number of halogens is 4. The fourth-order valence-electron chi connectivity index (χ4n) is 5.13. The van der Waals surface area contributed by atoms with Gasteiger partial charge in [0.25, 0.3) is 5.92 Å². The minimum Gasteiger partial charge on any atom is -0.494 e. The average Bonchev–Trinajstić information content (AvgIpc) is 3.54. The van der Waals surface area contributed by atoms with Crippen LogP contribution in [0.3, 0.4) is 0 Å². The van der Waals surface area contributed by atoms with Crippen LogP contribution in [-0.2, 0) is 6.42 Å². The summed E-state index contributed by atoms with van der Waals surface area (Å²) in [5, 5.41) is 3.58. The van der Waals surface area contributed by atoms with Gasteiger partial charge in [0.05, 0.1) is 31.6 Å². The summed E-state index contributed by atoms with van der Waals surface area (Å²) < 4.78 is 52.4. The first kappa shape index (κ1) is 25.3. The summed E-state index contributed by atoms with van der Waals surface area (Å²) in [5.41, 5.74) is 4.03. The molecule has 1 atom stereocenters. The molecule has 0 bridgehead atoms. The van der Waals surface area contributed by atoms with Crippen LogP contribution in [0.5, 0.6) is 11.5 Å². The molecular weight excluding hydrogens is 533 g/mol. The molecule has 1 N–H and O–H groups in total. The molecule has 1 fully saturated rings. The number of anilines is 3. The number of methoxy groups -OCH3 is 1. The zero-order valence-corrected chi connectivity index (χ0v) is 21.6.